The zero-order valence-corrected chi connectivity index (χ0v) is 18.7. The van der Waals surface area contributed by atoms with E-state index < -0.39 is 0 Å². The highest BCUT2D eigenvalue weighted by Gasteiger charge is 2.18. The topological polar surface area (TPSA) is 20.3 Å². The van der Waals surface area contributed by atoms with Gasteiger partial charge in [-0.2, -0.15) is 0 Å². The van der Waals surface area contributed by atoms with E-state index >= 15 is 0 Å². The van der Waals surface area contributed by atoms with Crippen LogP contribution in [-0.2, 0) is 25.7 Å². The number of benzene rings is 3. The van der Waals surface area contributed by atoms with Crippen molar-refractivity contribution in [1.29, 1.82) is 0 Å². The van der Waals surface area contributed by atoms with Crippen molar-refractivity contribution in [2.45, 2.75) is 49.3 Å². The van der Waals surface area contributed by atoms with Crippen LogP contribution >= 0.6 is 11.8 Å². The highest BCUT2D eigenvalue weighted by molar-refractivity contribution is 7.99. The van der Waals surface area contributed by atoms with Crippen LogP contribution in [0.2, 0.25) is 0 Å². The minimum atomic E-state index is 0.168. The Morgan fingerprint density at radius 1 is 0.800 bits per heavy atom. The second-order valence-corrected chi connectivity index (χ2v) is 8.94. The molecule has 0 unspecified atom stereocenters. The van der Waals surface area contributed by atoms with Gasteiger partial charge in [0.15, 0.2) is 0 Å². The Labute approximate surface area is 184 Å². The number of hydrogen-bond acceptors (Lipinski definition) is 2. The van der Waals surface area contributed by atoms with Gasteiger partial charge in [-0.3, -0.25) is 4.79 Å². The molecule has 3 aromatic rings. The van der Waals surface area contributed by atoms with Crippen LogP contribution in [0.5, 0.6) is 0 Å². The van der Waals surface area contributed by atoms with Gasteiger partial charge < -0.3 is 4.90 Å². The zero-order chi connectivity index (χ0) is 20.9. The molecule has 0 radical (unpaired) electrons. The van der Waals surface area contributed by atoms with Crippen LogP contribution in [0.1, 0.15) is 46.5 Å². The van der Waals surface area contributed by atoms with Crippen molar-refractivity contribution in [3.8, 4) is 0 Å². The number of carbonyl (C=O) groups excluding carboxylic acids is 1. The second-order valence-electron chi connectivity index (χ2n) is 7.83. The van der Waals surface area contributed by atoms with Crippen LogP contribution in [0.15, 0.2) is 76.5 Å². The Morgan fingerprint density at radius 3 is 2.13 bits per heavy atom. The molecular weight excluding hydrogens is 386 g/mol. The summed E-state index contributed by atoms with van der Waals surface area (Å²) < 4.78 is 0. The van der Waals surface area contributed by atoms with Gasteiger partial charge in [0.25, 0.3) is 5.91 Å². The average molecular weight is 416 g/mol. The van der Waals surface area contributed by atoms with Crippen molar-refractivity contribution in [3.05, 3.63) is 94.5 Å². The van der Waals surface area contributed by atoms with Crippen molar-refractivity contribution in [3.63, 3.8) is 0 Å². The molecule has 30 heavy (non-hydrogen) atoms. The van der Waals surface area contributed by atoms with Crippen molar-refractivity contribution >= 4 is 17.7 Å². The molecule has 0 spiro atoms. The van der Waals surface area contributed by atoms with Gasteiger partial charge in [-0.15, -0.1) is 0 Å². The number of rotatable bonds is 5. The average Bonchev–Trinajstić information content (AvgIpc) is 2.77. The third-order valence-electron chi connectivity index (χ3n) is 5.92. The number of hydrogen-bond donors (Lipinski definition) is 0. The van der Waals surface area contributed by atoms with Crippen molar-refractivity contribution < 1.29 is 4.79 Å². The molecule has 0 saturated carbocycles. The van der Waals surface area contributed by atoms with Gasteiger partial charge in [0, 0.05) is 28.4 Å². The summed E-state index contributed by atoms with van der Waals surface area (Å²) in [6, 6.07) is 24.1. The Morgan fingerprint density at radius 2 is 1.43 bits per heavy atom. The van der Waals surface area contributed by atoms with E-state index in [2.05, 4.69) is 80.6 Å². The molecule has 4 bridgehead atoms. The van der Waals surface area contributed by atoms with E-state index in [1.165, 1.54) is 26.5 Å². The molecular formula is C27H29NOS. The normalized spacial score (nSPS) is 13.0. The Balaban J connectivity index is 1.68. The van der Waals surface area contributed by atoms with Crippen molar-refractivity contribution in [1.82, 2.24) is 4.90 Å². The first-order chi connectivity index (χ1) is 14.7. The van der Waals surface area contributed by atoms with E-state index in [0.29, 0.717) is 0 Å². The molecule has 4 aliphatic rings. The quantitative estimate of drug-likeness (QED) is 0.494. The van der Waals surface area contributed by atoms with Crippen LogP contribution in [0, 0.1) is 0 Å². The summed E-state index contributed by atoms with van der Waals surface area (Å²) in [5.74, 6) is 0.168. The fourth-order valence-corrected chi connectivity index (χ4v) is 5.17. The van der Waals surface area contributed by atoms with Gasteiger partial charge in [0.2, 0.25) is 0 Å². The molecule has 0 aromatic heterocycles. The Kier molecular flexibility index (Phi) is 6.59. The van der Waals surface area contributed by atoms with Crippen molar-refractivity contribution in [2.24, 2.45) is 0 Å². The molecule has 0 atom stereocenters. The third kappa shape index (κ3) is 4.62. The van der Waals surface area contributed by atoms with Crippen LogP contribution < -0.4 is 0 Å². The van der Waals surface area contributed by atoms with E-state index in [1.807, 2.05) is 16.7 Å². The van der Waals surface area contributed by atoms with E-state index in [1.54, 1.807) is 0 Å². The fraction of sp³-hybridized carbons (Fsp3) is 0.296. The lowest BCUT2D eigenvalue weighted by atomic mass is 9.93. The van der Waals surface area contributed by atoms with Gasteiger partial charge in [0.1, 0.15) is 0 Å². The number of amides is 1. The number of nitrogens with zero attached hydrogens (tertiary/aromatic N) is 1. The van der Waals surface area contributed by atoms with Gasteiger partial charge in [-0.05, 0) is 86.1 Å². The third-order valence-corrected chi connectivity index (χ3v) is 7.03. The summed E-state index contributed by atoms with van der Waals surface area (Å²) in [5, 5.41) is 0. The summed E-state index contributed by atoms with van der Waals surface area (Å²) in [6.45, 7) is 5.60. The van der Waals surface area contributed by atoms with E-state index in [0.717, 1.165) is 49.9 Å². The molecule has 3 aromatic carbocycles. The van der Waals surface area contributed by atoms with Crippen molar-refractivity contribution in [2.75, 3.05) is 13.1 Å². The second kappa shape index (κ2) is 9.53. The smallest absolute Gasteiger partial charge is 0.254 e. The molecule has 4 aliphatic carbocycles. The van der Waals surface area contributed by atoms with Gasteiger partial charge in [-0.1, -0.05) is 54.2 Å². The molecule has 3 heteroatoms. The molecule has 7 rings (SSSR count). The predicted octanol–water partition coefficient (Wildman–Crippen LogP) is 6.20. The first kappa shape index (κ1) is 20.7. The van der Waals surface area contributed by atoms with Gasteiger partial charge in [-0.25, -0.2) is 0 Å². The summed E-state index contributed by atoms with van der Waals surface area (Å²) in [6.07, 6.45) is 3.76. The first-order valence-electron chi connectivity index (χ1n) is 10.9. The van der Waals surface area contributed by atoms with Gasteiger partial charge in [0.05, 0.1) is 0 Å². The molecule has 0 N–H and O–H groups in total. The fourth-order valence-electron chi connectivity index (χ4n) is 4.11. The summed E-state index contributed by atoms with van der Waals surface area (Å²) in [4.78, 5) is 17.7. The molecule has 0 heterocycles. The maximum atomic E-state index is 13.2. The number of aryl methyl sites for hydroxylation is 4. The van der Waals surface area contributed by atoms with E-state index in [4.69, 9.17) is 0 Å². The SMILES string of the molecule is CCN(CC)C(=O)c1cc2ccc1CCc1ccc(cc1Sc1ccccc1)CC2. The molecule has 2 nitrogen and oxygen atoms in total. The lowest BCUT2D eigenvalue weighted by Gasteiger charge is -2.22. The van der Waals surface area contributed by atoms with E-state index in [9.17, 15) is 4.79 Å². The highest BCUT2D eigenvalue weighted by Crippen LogP contribution is 2.33. The van der Waals surface area contributed by atoms with Crippen LogP contribution in [0.25, 0.3) is 0 Å². The lowest BCUT2D eigenvalue weighted by Crippen LogP contribution is -2.31. The molecule has 0 saturated heterocycles. The minimum absolute atomic E-state index is 0.168. The molecule has 0 aliphatic heterocycles. The Hall–Kier alpha value is -2.52. The first-order valence-corrected chi connectivity index (χ1v) is 11.8. The molecule has 0 fully saturated rings. The highest BCUT2D eigenvalue weighted by atomic mass is 32.2. The van der Waals surface area contributed by atoms with E-state index in [-0.39, 0.29) is 5.91 Å². The Bertz CT molecular complexity index is 1020. The summed E-state index contributed by atoms with van der Waals surface area (Å²) >= 11 is 1.85. The van der Waals surface area contributed by atoms with Crippen LogP contribution in [-0.4, -0.2) is 23.9 Å². The predicted molar refractivity (Wildman–Crippen MR) is 126 cm³/mol. The zero-order valence-electron chi connectivity index (χ0n) is 17.9. The maximum Gasteiger partial charge on any atom is 0.254 e. The number of carbonyl (C=O) groups is 1. The summed E-state index contributed by atoms with van der Waals surface area (Å²) in [5.41, 5.74) is 6.02. The summed E-state index contributed by atoms with van der Waals surface area (Å²) in [7, 11) is 0. The standard InChI is InChI=1S/C27H29NOS/c1-3-28(4-2)27(29)25-18-20-10-11-21-13-15-23(17-16-22(25)14-12-20)26(19-21)30-24-8-6-5-7-9-24/h5-9,12-15,18-19H,3-4,10-11,16-17H2,1-2H3. The maximum absolute atomic E-state index is 13.2. The molecule has 154 valence electrons. The lowest BCUT2D eigenvalue weighted by molar-refractivity contribution is 0.0771. The van der Waals surface area contributed by atoms with Crippen LogP contribution in [0.3, 0.4) is 0 Å². The monoisotopic (exact) mass is 415 g/mol. The minimum Gasteiger partial charge on any atom is -0.339 e. The van der Waals surface area contributed by atoms with Crippen LogP contribution in [0.4, 0.5) is 0 Å². The van der Waals surface area contributed by atoms with Gasteiger partial charge >= 0.3 is 0 Å². The largest absolute Gasteiger partial charge is 0.339 e. The molecule has 1 amide bonds.